The first kappa shape index (κ1) is 8.44. The molecule has 1 fully saturated rings. The van der Waals surface area contributed by atoms with Crippen molar-refractivity contribution >= 4 is 11.9 Å². The Morgan fingerprint density at radius 1 is 1.46 bits per heavy atom. The maximum absolute atomic E-state index is 11.2. The quantitative estimate of drug-likeness (QED) is 0.348. The van der Waals surface area contributed by atoms with Crippen LogP contribution in [0.25, 0.3) is 0 Å². The Labute approximate surface area is 75.2 Å². The summed E-state index contributed by atoms with van der Waals surface area (Å²) in [6.45, 7) is -0.111. The largest absolute Gasteiger partial charge is 0.396 e. The summed E-state index contributed by atoms with van der Waals surface area (Å²) in [6, 6.07) is 0. The zero-order chi connectivity index (χ0) is 9.42. The zero-order valence-electron chi connectivity index (χ0n) is 6.97. The molecular weight excluding hydrogens is 172 g/mol. The number of carbonyl (C=O) groups excluding carboxylic acids is 2. The van der Waals surface area contributed by atoms with Gasteiger partial charge in [-0.2, -0.15) is 0 Å². The van der Waals surface area contributed by atoms with Gasteiger partial charge in [0.15, 0.2) is 0 Å². The van der Waals surface area contributed by atoms with Crippen molar-refractivity contribution in [3.8, 4) is 0 Å². The lowest BCUT2D eigenvalue weighted by Gasteiger charge is -2.22. The standard InChI is InChI=1S/C9H10O4/c10-4-5-2-1-3-6-7(5)9(12)13-8(6)11/h1-2,5-7,10H,3-4H2/t5-,6-,7+/m0/s1. The summed E-state index contributed by atoms with van der Waals surface area (Å²) in [5.74, 6) is -2.01. The predicted octanol–water partition coefficient (Wildman–Crippen LogP) is -0.129. The second kappa shape index (κ2) is 2.96. The van der Waals surface area contributed by atoms with E-state index in [1.807, 2.05) is 6.08 Å². The molecule has 1 aliphatic heterocycles. The van der Waals surface area contributed by atoms with E-state index in [9.17, 15) is 9.59 Å². The van der Waals surface area contributed by atoms with E-state index in [2.05, 4.69) is 4.74 Å². The predicted molar refractivity (Wildman–Crippen MR) is 42.4 cm³/mol. The number of esters is 2. The summed E-state index contributed by atoms with van der Waals surface area (Å²) in [7, 11) is 0. The van der Waals surface area contributed by atoms with Gasteiger partial charge in [-0.1, -0.05) is 12.2 Å². The van der Waals surface area contributed by atoms with Gasteiger partial charge in [-0.25, -0.2) is 0 Å². The number of fused-ring (bicyclic) bond motifs is 1. The fourth-order valence-electron chi connectivity index (χ4n) is 1.96. The Bertz CT molecular complexity index is 281. The van der Waals surface area contributed by atoms with Crippen molar-refractivity contribution in [3.63, 3.8) is 0 Å². The molecule has 0 aromatic carbocycles. The Hall–Kier alpha value is -1.16. The van der Waals surface area contributed by atoms with Gasteiger partial charge in [0.05, 0.1) is 18.4 Å². The van der Waals surface area contributed by atoms with Gasteiger partial charge in [-0.05, 0) is 6.42 Å². The fraction of sp³-hybridized carbons (Fsp3) is 0.556. The molecular formula is C9H10O4. The van der Waals surface area contributed by atoms with Crippen molar-refractivity contribution in [1.82, 2.24) is 0 Å². The summed E-state index contributed by atoms with van der Waals surface area (Å²) in [6.07, 6.45) is 4.15. The van der Waals surface area contributed by atoms with Crippen LogP contribution in [0.1, 0.15) is 6.42 Å². The van der Waals surface area contributed by atoms with Gasteiger partial charge in [0.2, 0.25) is 0 Å². The molecule has 13 heavy (non-hydrogen) atoms. The molecule has 4 nitrogen and oxygen atoms in total. The van der Waals surface area contributed by atoms with Crippen molar-refractivity contribution in [2.45, 2.75) is 6.42 Å². The fourth-order valence-corrected chi connectivity index (χ4v) is 1.96. The highest BCUT2D eigenvalue weighted by Gasteiger charge is 2.48. The summed E-state index contributed by atoms with van der Waals surface area (Å²) in [4.78, 5) is 22.3. The van der Waals surface area contributed by atoms with Crippen LogP contribution in [0.3, 0.4) is 0 Å². The van der Waals surface area contributed by atoms with E-state index in [-0.39, 0.29) is 18.4 Å². The van der Waals surface area contributed by atoms with Crippen LogP contribution >= 0.6 is 0 Å². The molecule has 0 unspecified atom stereocenters. The third-order valence-corrected chi connectivity index (χ3v) is 2.65. The molecule has 1 N–H and O–H groups in total. The average molecular weight is 182 g/mol. The molecule has 0 spiro atoms. The molecule has 1 heterocycles. The van der Waals surface area contributed by atoms with Crippen LogP contribution in [0.5, 0.6) is 0 Å². The number of rotatable bonds is 1. The lowest BCUT2D eigenvalue weighted by Crippen LogP contribution is -2.29. The minimum absolute atomic E-state index is 0.111. The molecule has 3 atom stereocenters. The van der Waals surface area contributed by atoms with Crippen LogP contribution in [0, 0.1) is 17.8 Å². The SMILES string of the molecule is O=C1OC(=O)[C@H]2CC=C[C@@H](CO)[C@@H]12. The molecule has 0 saturated carbocycles. The third-order valence-electron chi connectivity index (χ3n) is 2.65. The third kappa shape index (κ3) is 1.18. The van der Waals surface area contributed by atoms with Gasteiger partial charge < -0.3 is 9.84 Å². The minimum atomic E-state index is -0.488. The molecule has 70 valence electrons. The number of hydrogen-bond acceptors (Lipinski definition) is 4. The summed E-state index contributed by atoms with van der Waals surface area (Å²) in [5.41, 5.74) is 0. The van der Waals surface area contributed by atoms with Crippen LogP contribution in [0.4, 0.5) is 0 Å². The highest BCUT2D eigenvalue weighted by molar-refractivity contribution is 5.97. The van der Waals surface area contributed by atoms with Gasteiger partial charge in [0.25, 0.3) is 0 Å². The Morgan fingerprint density at radius 2 is 2.23 bits per heavy atom. The van der Waals surface area contributed by atoms with Crippen LogP contribution < -0.4 is 0 Å². The van der Waals surface area contributed by atoms with Crippen LogP contribution in [-0.2, 0) is 14.3 Å². The average Bonchev–Trinajstić information content (AvgIpc) is 2.43. The minimum Gasteiger partial charge on any atom is -0.396 e. The monoisotopic (exact) mass is 182 g/mol. The summed E-state index contributed by atoms with van der Waals surface area (Å²) >= 11 is 0. The number of aliphatic hydroxyl groups excluding tert-OH is 1. The van der Waals surface area contributed by atoms with Gasteiger partial charge in [0, 0.05) is 5.92 Å². The molecule has 2 rings (SSSR count). The topological polar surface area (TPSA) is 63.6 Å². The molecule has 0 amide bonds. The van der Waals surface area contributed by atoms with E-state index in [1.54, 1.807) is 6.08 Å². The number of ether oxygens (including phenoxy) is 1. The molecule has 2 aliphatic rings. The van der Waals surface area contributed by atoms with E-state index in [0.717, 1.165) is 0 Å². The van der Waals surface area contributed by atoms with E-state index in [4.69, 9.17) is 5.11 Å². The van der Waals surface area contributed by atoms with Crippen molar-refractivity contribution in [1.29, 1.82) is 0 Å². The number of hydrogen-bond donors (Lipinski definition) is 1. The first-order valence-electron chi connectivity index (χ1n) is 4.27. The van der Waals surface area contributed by atoms with Crippen molar-refractivity contribution in [2.75, 3.05) is 6.61 Å². The molecule has 0 radical (unpaired) electrons. The number of cyclic esters (lactones) is 2. The smallest absolute Gasteiger partial charge is 0.318 e. The van der Waals surface area contributed by atoms with Gasteiger partial charge in [-0.3, -0.25) is 9.59 Å². The highest BCUT2D eigenvalue weighted by Crippen LogP contribution is 2.36. The van der Waals surface area contributed by atoms with Crippen molar-refractivity contribution < 1.29 is 19.4 Å². The van der Waals surface area contributed by atoms with Crippen molar-refractivity contribution in [3.05, 3.63) is 12.2 Å². The van der Waals surface area contributed by atoms with Gasteiger partial charge >= 0.3 is 11.9 Å². The lowest BCUT2D eigenvalue weighted by molar-refractivity contribution is -0.154. The van der Waals surface area contributed by atoms with E-state index in [1.165, 1.54) is 0 Å². The summed E-state index contributed by atoms with van der Waals surface area (Å²) < 4.78 is 4.51. The summed E-state index contributed by atoms with van der Waals surface area (Å²) in [5, 5.41) is 8.97. The molecule has 1 aliphatic carbocycles. The van der Waals surface area contributed by atoms with E-state index >= 15 is 0 Å². The van der Waals surface area contributed by atoms with E-state index < -0.39 is 17.9 Å². The maximum atomic E-state index is 11.2. The molecule has 0 aromatic rings. The van der Waals surface area contributed by atoms with Crippen LogP contribution in [0.2, 0.25) is 0 Å². The van der Waals surface area contributed by atoms with Crippen LogP contribution in [-0.4, -0.2) is 23.7 Å². The Balaban J connectivity index is 2.29. The normalized spacial score (nSPS) is 37.5. The number of allylic oxidation sites excluding steroid dienone is 1. The zero-order valence-corrected chi connectivity index (χ0v) is 6.97. The molecule has 0 aromatic heterocycles. The van der Waals surface area contributed by atoms with Crippen molar-refractivity contribution in [2.24, 2.45) is 17.8 Å². The Kier molecular flexibility index (Phi) is 1.92. The second-order valence-corrected chi connectivity index (χ2v) is 3.38. The first-order chi connectivity index (χ1) is 6.24. The molecule has 0 bridgehead atoms. The highest BCUT2D eigenvalue weighted by atomic mass is 16.6. The maximum Gasteiger partial charge on any atom is 0.318 e. The molecule has 1 saturated heterocycles. The van der Waals surface area contributed by atoms with E-state index in [0.29, 0.717) is 6.42 Å². The first-order valence-corrected chi connectivity index (χ1v) is 4.27. The van der Waals surface area contributed by atoms with Crippen LogP contribution in [0.15, 0.2) is 12.2 Å². The number of carbonyl (C=O) groups is 2. The lowest BCUT2D eigenvalue weighted by atomic mass is 9.78. The number of aliphatic hydroxyl groups is 1. The molecule has 4 heteroatoms. The Morgan fingerprint density at radius 3 is 2.92 bits per heavy atom. The second-order valence-electron chi connectivity index (χ2n) is 3.38. The van der Waals surface area contributed by atoms with Gasteiger partial charge in [-0.15, -0.1) is 0 Å². The van der Waals surface area contributed by atoms with Gasteiger partial charge in [0.1, 0.15) is 0 Å².